The van der Waals surface area contributed by atoms with E-state index in [1.54, 1.807) is 29.3 Å². The molecule has 3 rings (SSSR count). The molecule has 0 amide bonds. The minimum atomic E-state index is -5.64. The normalized spacial score (nSPS) is 12.4. The maximum atomic E-state index is 13.4. The molecule has 0 aliphatic rings. The highest BCUT2D eigenvalue weighted by Crippen LogP contribution is 2.43. The Morgan fingerprint density at radius 1 is 1.00 bits per heavy atom. The van der Waals surface area contributed by atoms with Crippen LogP contribution in [0.4, 0.5) is 22.0 Å². The van der Waals surface area contributed by atoms with Crippen molar-refractivity contribution in [1.82, 2.24) is 14.8 Å². The molecule has 0 saturated heterocycles. The van der Waals surface area contributed by atoms with E-state index in [2.05, 4.69) is 10.1 Å². The second-order valence-corrected chi connectivity index (χ2v) is 5.92. The van der Waals surface area contributed by atoms with Crippen LogP contribution in [0.15, 0.2) is 55.1 Å². The summed E-state index contributed by atoms with van der Waals surface area (Å²) < 4.78 is 65.6. The fourth-order valence-electron chi connectivity index (χ4n) is 2.43. The van der Waals surface area contributed by atoms with Crippen molar-refractivity contribution in [2.24, 2.45) is 0 Å². The Kier molecular flexibility index (Phi) is 4.70. The molecule has 3 aromatic rings. The molecular weight excluding hydrogens is 377 g/mol. The standard InChI is InChI=1S/C17H11ClF5N3/c18-14-9-24-10-15(26-7-1-6-25-26)13(14)8-11-2-4-12(5-3-11)16(19,20)17(21,22)23/h1-7,9-10H,8H2. The van der Waals surface area contributed by atoms with Crippen LogP contribution in [0.25, 0.3) is 5.69 Å². The molecule has 0 atom stereocenters. The zero-order valence-electron chi connectivity index (χ0n) is 13.0. The maximum absolute atomic E-state index is 13.4. The molecule has 0 fully saturated rings. The molecule has 0 aliphatic carbocycles. The summed E-state index contributed by atoms with van der Waals surface area (Å²) in [6, 6.07) is 5.69. The maximum Gasteiger partial charge on any atom is 0.458 e. The lowest BCUT2D eigenvalue weighted by Crippen LogP contribution is -2.33. The highest BCUT2D eigenvalue weighted by molar-refractivity contribution is 6.31. The Bertz CT molecular complexity index is 890. The van der Waals surface area contributed by atoms with Gasteiger partial charge in [0.15, 0.2) is 0 Å². The smallest absolute Gasteiger partial charge is 0.261 e. The largest absolute Gasteiger partial charge is 0.458 e. The predicted octanol–water partition coefficient (Wildman–Crippen LogP) is 5.17. The molecule has 0 saturated carbocycles. The summed E-state index contributed by atoms with van der Waals surface area (Å²) in [6.07, 6.45) is 0.795. The minimum Gasteiger partial charge on any atom is -0.261 e. The van der Waals surface area contributed by atoms with E-state index in [-0.39, 0.29) is 6.42 Å². The van der Waals surface area contributed by atoms with Crippen molar-refractivity contribution in [3.05, 3.63) is 76.8 Å². The molecule has 9 heteroatoms. The number of pyridine rings is 1. The fourth-order valence-corrected chi connectivity index (χ4v) is 2.65. The van der Waals surface area contributed by atoms with E-state index in [4.69, 9.17) is 11.6 Å². The van der Waals surface area contributed by atoms with Gasteiger partial charge in [0.25, 0.3) is 0 Å². The second-order valence-electron chi connectivity index (χ2n) is 5.52. The molecule has 0 radical (unpaired) electrons. The van der Waals surface area contributed by atoms with Gasteiger partial charge in [0, 0.05) is 36.1 Å². The Labute approximate surface area is 150 Å². The van der Waals surface area contributed by atoms with Crippen molar-refractivity contribution < 1.29 is 22.0 Å². The average Bonchev–Trinajstić information content (AvgIpc) is 3.10. The topological polar surface area (TPSA) is 30.7 Å². The lowest BCUT2D eigenvalue weighted by atomic mass is 10.0. The number of nitrogens with zero attached hydrogens (tertiary/aromatic N) is 3. The molecule has 136 valence electrons. The van der Waals surface area contributed by atoms with Crippen LogP contribution in [-0.4, -0.2) is 20.9 Å². The van der Waals surface area contributed by atoms with Crippen LogP contribution in [0.1, 0.15) is 16.7 Å². The van der Waals surface area contributed by atoms with Crippen LogP contribution in [-0.2, 0) is 12.3 Å². The number of alkyl halides is 5. The first-order valence-electron chi connectivity index (χ1n) is 7.36. The van der Waals surface area contributed by atoms with Gasteiger partial charge in [-0.15, -0.1) is 0 Å². The van der Waals surface area contributed by atoms with Gasteiger partial charge in [0.05, 0.1) is 16.9 Å². The summed E-state index contributed by atoms with van der Waals surface area (Å²) in [6.45, 7) is 0. The van der Waals surface area contributed by atoms with Gasteiger partial charge in [0.2, 0.25) is 0 Å². The van der Waals surface area contributed by atoms with Gasteiger partial charge in [-0.2, -0.15) is 27.1 Å². The number of aromatic nitrogens is 3. The van der Waals surface area contributed by atoms with Gasteiger partial charge >= 0.3 is 12.1 Å². The number of benzene rings is 1. The predicted molar refractivity (Wildman–Crippen MR) is 85.6 cm³/mol. The average molecular weight is 388 g/mol. The highest BCUT2D eigenvalue weighted by atomic mass is 35.5. The molecule has 26 heavy (non-hydrogen) atoms. The van der Waals surface area contributed by atoms with E-state index in [1.807, 2.05) is 0 Å². The third-order valence-electron chi connectivity index (χ3n) is 3.79. The van der Waals surface area contributed by atoms with Crippen LogP contribution in [0.3, 0.4) is 0 Å². The summed E-state index contributed by atoms with van der Waals surface area (Å²) in [5.41, 5.74) is 0.628. The summed E-state index contributed by atoms with van der Waals surface area (Å²) in [4.78, 5) is 4.00. The van der Waals surface area contributed by atoms with Gasteiger partial charge in [-0.3, -0.25) is 4.98 Å². The molecule has 3 nitrogen and oxygen atoms in total. The molecule has 0 spiro atoms. The highest BCUT2D eigenvalue weighted by Gasteiger charge is 2.58. The number of hydrogen-bond donors (Lipinski definition) is 0. The summed E-state index contributed by atoms with van der Waals surface area (Å²) in [7, 11) is 0. The monoisotopic (exact) mass is 387 g/mol. The van der Waals surface area contributed by atoms with Crippen molar-refractivity contribution in [1.29, 1.82) is 0 Å². The third-order valence-corrected chi connectivity index (χ3v) is 4.11. The lowest BCUT2D eigenvalue weighted by Gasteiger charge is -2.20. The van der Waals surface area contributed by atoms with E-state index < -0.39 is 17.7 Å². The first-order valence-corrected chi connectivity index (χ1v) is 7.74. The zero-order valence-corrected chi connectivity index (χ0v) is 13.8. The van der Waals surface area contributed by atoms with E-state index in [0.717, 1.165) is 12.1 Å². The van der Waals surface area contributed by atoms with E-state index in [9.17, 15) is 22.0 Å². The van der Waals surface area contributed by atoms with Crippen molar-refractivity contribution in [2.75, 3.05) is 0 Å². The SMILES string of the molecule is FC(F)(F)C(F)(F)c1ccc(Cc2c(Cl)cncc2-n2cccn2)cc1. The molecule has 0 aliphatic heterocycles. The Morgan fingerprint density at radius 2 is 1.69 bits per heavy atom. The fraction of sp³-hybridized carbons (Fsp3) is 0.176. The van der Waals surface area contributed by atoms with E-state index in [0.29, 0.717) is 21.8 Å². The minimum absolute atomic E-state index is 0.217. The van der Waals surface area contributed by atoms with E-state index in [1.165, 1.54) is 18.3 Å². The summed E-state index contributed by atoms with van der Waals surface area (Å²) in [5, 5.41) is 4.43. The molecular formula is C17H11ClF5N3. The second kappa shape index (κ2) is 6.68. The molecule has 0 bridgehead atoms. The van der Waals surface area contributed by atoms with Crippen molar-refractivity contribution in [3.63, 3.8) is 0 Å². The van der Waals surface area contributed by atoms with Crippen LogP contribution < -0.4 is 0 Å². The lowest BCUT2D eigenvalue weighted by molar-refractivity contribution is -0.289. The Balaban J connectivity index is 1.92. The Hall–Kier alpha value is -2.48. The molecule has 2 heterocycles. The molecule has 1 aromatic carbocycles. The summed E-state index contributed by atoms with van der Waals surface area (Å²) in [5.74, 6) is -4.90. The zero-order chi connectivity index (χ0) is 18.9. The number of rotatable bonds is 4. The number of halogens is 6. The first-order chi connectivity index (χ1) is 12.2. The third kappa shape index (κ3) is 3.41. The first kappa shape index (κ1) is 18.3. The quantitative estimate of drug-likeness (QED) is 0.578. The van der Waals surface area contributed by atoms with Crippen LogP contribution >= 0.6 is 11.6 Å². The Morgan fingerprint density at radius 3 is 2.27 bits per heavy atom. The van der Waals surface area contributed by atoms with Crippen LogP contribution in [0, 0.1) is 0 Å². The van der Waals surface area contributed by atoms with Gasteiger partial charge in [0.1, 0.15) is 0 Å². The summed E-state index contributed by atoms with van der Waals surface area (Å²) >= 11 is 6.19. The molecule has 2 aromatic heterocycles. The number of hydrogen-bond acceptors (Lipinski definition) is 2. The van der Waals surface area contributed by atoms with Crippen LogP contribution in [0.5, 0.6) is 0 Å². The van der Waals surface area contributed by atoms with Crippen molar-refractivity contribution in [3.8, 4) is 5.69 Å². The van der Waals surface area contributed by atoms with Gasteiger partial charge < -0.3 is 0 Å². The van der Waals surface area contributed by atoms with Gasteiger partial charge in [-0.25, -0.2) is 4.68 Å². The van der Waals surface area contributed by atoms with Crippen LogP contribution in [0.2, 0.25) is 5.02 Å². The molecule has 0 unspecified atom stereocenters. The van der Waals surface area contributed by atoms with Gasteiger partial charge in [-0.1, -0.05) is 35.9 Å². The van der Waals surface area contributed by atoms with E-state index >= 15 is 0 Å². The van der Waals surface area contributed by atoms with Crippen molar-refractivity contribution >= 4 is 11.6 Å². The van der Waals surface area contributed by atoms with Crippen molar-refractivity contribution in [2.45, 2.75) is 18.5 Å². The van der Waals surface area contributed by atoms with Gasteiger partial charge in [-0.05, 0) is 11.6 Å². The molecule has 0 N–H and O–H groups in total.